The molecule has 2 heterocycles. The quantitative estimate of drug-likeness (QED) is 0.645. The van der Waals surface area contributed by atoms with E-state index in [1.807, 2.05) is 6.92 Å². The van der Waals surface area contributed by atoms with Gasteiger partial charge in [0.05, 0.1) is 17.5 Å². The highest BCUT2D eigenvalue weighted by atomic mass is 32.2. The standard InChI is InChI=1S/C8H14O2S/c1-3-8-4-11-6(7(8)9)5(2)10-8/h5-7,9H,3-4H2,1-2H3/t5-,6-,7-,8?/m0/s1/i3D/t3-,5+,6+,7+,8?/m1. The van der Waals surface area contributed by atoms with E-state index in [1.54, 1.807) is 18.7 Å². The molecule has 2 bridgehead atoms. The highest BCUT2D eigenvalue weighted by Gasteiger charge is 2.57. The maximum Gasteiger partial charge on any atom is 0.104 e. The van der Waals surface area contributed by atoms with E-state index in [-0.39, 0.29) is 17.8 Å². The van der Waals surface area contributed by atoms with Crippen molar-refractivity contribution in [3.63, 3.8) is 0 Å². The Morgan fingerprint density at radius 3 is 2.91 bits per heavy atom. The fourth-order valence-electron chi connectivity index (χ4n) is 1.91. The average molecular weight is 175 g/mol. The van der Waals surface area contributed by atoms with Crippen LogP contribution < -0.4 is 0 Å². The van der Waals surface area contributed by atoms with Crippen LogP contribution in [0.3, 0.4) is 0 Å². The Labute approximate surface area is 72.7 Å². The zero-order chi connectivity index (χ0) is 8.93. The largest absolute Gasteiger partial charge is 0.389 e. The van der Waals surface area contributed by atoms with Crippen molar-refractivity contribution in [2.45, 2.75) is 43.3 Å². The maximum absolute atomic E-state index is 9.85. The van der Waals surface area contributed by atoms with Gasteiger partial charge in [-0.2, -0.15) is 0 Å². The summed E-state index contributed by atoms with van der Waals surface area (Å²) in [6.45, 7) is 3.77. The van der Waals surface area contributed by atoms with Gasteiger partial charge in [0.2, 0.25) is 0 Å². The van der Waals surface area contributed by atoms with Crippen LogP contribution in [0.4, 0.5) is 0 Å². The van der Waals surface area contributed by atoms with Gasteiger partial charge in [-0.3, -0.25) is 0 Å². The molecule has 2 saturated heterocycles. The van der Waals surface area contributed by atoms with Crippen molar-refractivity contribution in [1.82, 2.24) is 0 Å². The molecular weight excluding hydrogens is 160 g/mol. The molecule has 2 rings (SSSR count). The number of ether oxygens (including phenoxy) is 1. The summed E-state index contributed by atoms with van der Waals surface area (Å²) in [6, 6.07) is 0. The van der Waals surface area contributed by atoms with Crippen molar-refractivity contribution in [2.24, 2.45) is 0 Å². The van der Waals surface area contributed by atoms with E-state index in [2.05, 4.69) is 0 Å². The van der Waals surface area contributed by atoms with E-state index >= 15 is 0 Å². The van der Waals surface area contributed by atoms with Crippen LogP contribution in [0.5, 0.6) is 0 Å². The molecule has 2 fully saturated rings. The first kappa shape index (κ1) is 6.75. The van der Waals surface area contributed by atoms with Crippen LogP contribution in [0, 0.1) is 0 Å². The highest BCUT2D eigenvalue weighted by molar-refractivity contribution is 8.00. The van der Waals surface area contributed by atoms with Gasteiger partial charge in [-0.1, -0.05) is 6.92 Å². The summed E-state index contributed by atoms with van der Waals surface area (Å²) in [6.07, 6.45) is -0.675. The summed E-state index contributed by atoms with van der Waals surface area (Å²) >= 11 is 1.74. The number of rotatable bonds is 1. The Hall–Kier alpha value is 0.270. The summed E-state index contributed by atoms with van der Waals surface area (Å²) < 4.78 is 13.3. The smallest absolute Gasteiger partial charge is 0.104 e. The highest BCUT2D eigenvalue weighted by Crippen LogP contribution is 2.48. The lowest BCUT2D eigenvalue weighted by atomic mass is 9.96. The monoisotopic (exact) mass is 175 g/mol. The number of fused-ring (bicyclic) bond motifs is 2. The Morgan fingerprint density at radius 1 is 1.91 bits per heavy atom. The topological polar surface area (TPSA) is 29.5 Å². The van der Waals surface area contributed by atoms with Crippen LogP contribution in [-0.2, 0) is 4.74 Å². The first-order chi connectivity index (χ1) is 5.58. The Kier molecular flexibility index (Phi) is 1.46. The summed E-state index contributed by atoms with van der Waals surface area (Å²) in [7, 11) is 0. The number of aliphatic hydroxyl groups excluding tert-OH is 1. The molecule has 2 aliphatic rings. The van der Waals surface area contributed by atoms with Gasteiger partial charge >= 0.3 is 0 Å². The summed E-state index contributed by atoms with van der Waals surface area (Å²) in [5.41, 5.74) is -0.575. The molecule has 64 valence electrons. The number of hydrogen-bond acceptors (Lipinski definition) is 3. The second-order valence-corrected chi connectivity index (χ2v) is 4.45. The van der Waals surface area contributed by atoms with E-state index in [9.17, 15) is 5.11 Å². The van der Waals surface area contributed by atoms with Crippen LogP contribution in [0.2, 0.25) is 0 Å². The van der Waals surface area contributed by atoms with Crippen LogP contribution in [-0.4, -0.2) is 33.9 Å². The molecule has 11 heavy (non-hydrogen) atoms. The zero-order valence-corrected chi connectivity index (χ0v) is 7.60. The van der Waals surface area contributed by atoms with Crippen molar-refractivity contribution in [3.05, 3.63) is 0 Å². The van der Waals surface area contributed by atoms with Gasteiger partial charge in [0.15, 0.2) is 0 Å². The third kappa shape index (κ3) is 0.879. The molecule has 1 N–H and O–H groups in total. The van der Waals surface area contributed by atoms with Crippen molar-refractivity contribution >= 4 is 11.8 Å². The molecule has 0 spiro atoms. The zero-order valence-electron chi connectivity index (χ0n) is 7.78. The lowest BCUT2D eigenvalue weighted by molar-refractivity contribution is -0.0630. The summed E-state index contributed by atoms with van der Waals surface area (Å²) in [5, 5.41) is 10.0. The predicted molar refractivity (Wildman–Crippen MR) is 45.8 cm³/mol. The normalized spacial score (nSPS) is 59.5. The molecule has 1 unspecified atom stereocenters. The lowest BCUT2D eigenvalue weighted by Gasteiger charge is -2.28. The van der Waals surface area contributed by atoms with Crippen molar-refractivity contribution in [3.8, 4) is 0 Å². The SMILES string of the molecule is [2H][C@H](C)C12CS[C@@H]([C@H](C)O1)[C@@H]2O. The Balaban J connectivity index is 2.27. The van der Waals surface area contributed by atoms with Gasteiger partial charge in [-0.25, -0.2) is 0 Å². The molecule has 2 aliphatic heterocycles. The van der Waals surface area contributed by atoms with Gasteiger partial charge in [0, 0.05) is 7.12 Å². The van der Waals surface area contributed by atoms with Crippen LogP contribution in [0.15, 0.2) is 0 Å². The van der Waals surface area contributed by atoms with Gasteiger partial charge in [0.1, 0.15) is 5.60 Å². The van der Waals surface area contributed by atoms with Gasteiger partial charge < -0.3 is 9.84 Å². The molecule has 0 aromatic rings. The average Bonchev–Trinajstić information content (AvgIpc) is 2.42. The molecule has 0 aromatic heterocycles. The van der Waals surface area contributed by atoms with E-state index in [0.29, 0.717) is 0 Å². The molecule has 5 atom stereocenters. The molecule has 0 amide bonds. The minimum atomic E-state index is -0.575. The van der Waals surface area contributed by atoms with Crippen molar-refractivity contribution < 1.29 is 11.2 Å². The number of aliphatic hydroxyl groups is 1. The summed E-state index contributed by atoms with van der Waals surface area (Å²) in [4.78, 5) is 0. The van der Waals surface area contributed by atoms with Crippen LogP contribution in [0.1, 0.15) is 21.6 Å². The third-order valence-electron chi connectivity index (χ3n) is 2.67. The molecule has 0 radical (unpaired) electrons. The first-order valence-electron chi connectivity index (χ1n) is 4.55. The minimum absolute atomic E-state index is 0.103. The van der Waals surface area contributed by atoms with Gasteiger partial charge in [-0.05, 0) is 13.3 Å². The fraction of sp³-hybridized carbons (Fsp3) is 1.00. The Morgan fingerprint density at radius 2 is 2.64 bits per heavy atom. The van der Waals surface area contributed by atoms with Gasteiger partial charge in [-0.15, -0.1) is 11.8 Å². The molecule has 0 aromatic carbocycles. The third-order valence-corrected chi connectivity index (χ3v) is 4.31. The molecule has 3 heteroatoms. The Bertz CT molecular complexity index is 199. The van der Waals surface area contributed by atoms with Crippen LogP contribution >= 0.6 is 11.8 Å². The molecule has 0 saturated carbocycles. The molecular formula is C8H14O2S. The summed E-state index contributed by atoms with van der Waals surface area (Å²) in [5.74, 6) is 0.772. The molecule has 0 aliphatic carbocycles. The maximum atomic E-state index is 9.85. The van der Waals surface area contributed by atoms with Crippen molar-refractivity contribution in [2.75, 3.05) is 5.75 Å². The van der Waals surface area contributed by atoms with E-state index in [1.165, 1.54) is 0 Å². The lowest BCUT2D eigenvalue weighted by Crippen LogP contribution is -2.38. The van der Waals surface area contributed by atoms with E-state index < -0.39 is 11.7 Å². The van der Waals surface area contributed by atoms with E-state index in [0.717, 1.165) is 5.75 Å². The fourth-order valence-corrected chi connectivity index (χ4v) is 3.51. The second kappa shape index (κ2) is 2.38. The number of thioether (sulfide) groups is 1. The van der Waals surface area contributed by atoms with E-state index in [4.69, 9.17) is 6.11 Å². The van der Waals surface area contributed by atoms with Crippen molar-refractivity contribution in [1.29, 1.82) is 0 Å². The second-order valence-electron chi connectivity index (χ2n) is 3.29. The predicted octanol–water partition coefficient (Wildman–Crippen LogP) is 1.03. The first-order valence-corrected chi connectivity index (χ1v) is 5.02. The minimum Gasteiger partial charge on any atom is -0.389 e. The molecule has 2 nitrogen and oxygen atoms in total. The van der Waals surface area contributed by atoms with Crippen LogP contribution in [0.25, 0.3) is 0 Å². The number of hydrogen-bond donors (Lipinski definition) is 1. The van der Waals surface area contributed by atoms with Gasteiger partial charge in [0.25, 0.3) is 0 Å².